The number of ether oxygens (including phenoxy) is 1. The maximum Gasteiger partial charge on any atom is 0.253 e. The van der Waals surface area contributed by atoms with Crippen molar-refractivity contribution in [2.24, 2.45) is 5.92 Å². The zero-order valence-corrected chi connectivity index (χ0v) is 18.9. The van der Waals surface area contributed by atoms with Gasteiger partial charge in [-0.2, -0.15) is 0 Å². The fourth-order valence-corrected chi connectivity index (χ4v) is 4.70. The van der Waals surface area contributed by atoms with Crippen LogP contribution in [0.5, 0.6) is 0 Å². The fourth-order valence-electron chi connectivity index (χ4n) is 4.70. The molecule has 2 aliphatic heterocycles. The monoisotopic (exact) mass is 415 g/mol. The number of nitrogens with one attached hydrogen (secondary N) is 1. The fraction of sp³-hybridized carbons (Fsp3) is 0.667. The van der Waals surface area contributed by atoms with Gasteiger partial charge in [-0.3, -0.25) is 14.5 Å². The molecule has 0 aliphatic carbocycles. The molecule has 2 heterocycles. The lowest BCUT2D eigenvalue weighted by molar-refractivity contribution is -0.130. The van der Waals surface area contributed by atoms with Crippen LogP contribution in [0, 0.1) is 5.92 Å². The smallest absolute Gasteiger partial charge is 0.253 e. The minimum absolute atomic E-state index is 0.00195. The number of carbonyl (C=O) groups is 2. The highest BCUT2D eigenvalue weighted by Crippen LogP contribution is 2.21. The number of hydrogen-bond donors (Lipinski definition) is 1. The number of amides is 2. The van der Waals surface area contributed by atoms with Crippen LogP contribution in [0.1, 0.15) is 63.7 Å². The largest absolute Gasteiger partial charge is 0.373 e. The van der Waals surface area contributed by atoms with Gasteiger partial charge in [-0.1, -0.05) is 26.7 Å². The van der Waals surface area contributed by atoms with Crippen LogP contribution in [-0.2, 0) is 9.53 Å². The van der Waals surface area contributed by atoms with E-state index in [2.05, 4.69) is 37.9 Å². The summed E-state index contributed by atoms with van der Waals surface area (Å²) in [5.41, 5.74) is 1.42. The number of rotatable bonds is 5. The van der Waals surface area contributed by atoms with Crippen molar-refractivity contribution in [1.82, 2.24) is 9.80 Å². The maximum absolute atomic E-state index is 13.1. The second-order valence-corrected chi connectivity index (χ2v) is 9.17. The zero-order valence-electron chi connectivity index (χ0n) is 18.9. The van der Waals surface area contributed by atoms with Gasteiger partial charge < -0.3 is 15.0 Å². The van der Waals surface area contributed by atoms with Crippen LogP contribution in [0.4, 0.5) is 5.69 Å². The summed E-state index contributed by atoms with van der Waals surface area (Å²) in [6.07, 6.45) is 4.79. The lowest BCUT2D eigenvalue weighted by Crippen LogP contribution is -2.55. The second kappa shape index (κ2) is 10.4. The number of anilines is 1. The first-order valence-electron chi connectivity index (χ1n) is 11.4. The third-order valence-corrected chi connectivity index (χ3v) is 6.03. The standard InChI is InChI=1S/C24H37N3O3/c1-17(2)22(27-15-18(3)30-19(4)16-27)23(28)25-21-11-9-20(10-12-21)24(29)26-13-7-5-6-8-14-26/h9-12,17-19,22H,5-8,13-16H2,1-4H3,(H,25,28). The van der Waals surface area contributed by atoms with Crippen LogP contribution in [0.3, 0.4) is 0 Å². The molecule has 1 aromatic rings. The van der Waals surface area contributed by atoms with Gasteiger partial charge in [-0.05, 0) is 56.9 Å². The Kier molecular flexibility index (Phi) is 7.89. The molecule has 1 aromatic carbocycles. The van der Waals surface area contributed by atoms with Gasteiger partial charge in [0.05, 0.1) is 18.2 Å². The Balaban J connectivity index is 1.64. The van der Waals surface area contributed by atoms with E-state index in [0.717, 1.165) is 44.7 Å². The number of likely N-dealkylation sites (tertiary alicyclic amines) is 1. The van der Waals surface area contributed by atoms with Gasteiger partial charge in [0.25, 0.3) is 5.91 Å². The van der Waals surface area contributed by atoms with Crippen LogP contribution in [0.15, 0.2) is 24.3 Å². The van der Waals surface area contributed by atoms with Crippen molar-refractivity contribution in [2.45, 2.75) is 71.6 Å². The van der Waals surface area contributed by atoms with E-state index in [1.807, 2.05) is 29.2 Å². The van der Waals surface area contributed by atoms with E-state index >= 15 is 0 Å². The topological polar surface area (TPSA) is 61.9 Å². The van der Waals surface area contributed by atoms with Crippen LogP contribution in [0.2, 0.25) is 0 Å². The quantitative estimate of drug-likeness (QED) is 0.795. The van der Waals surface area contributed by atoms with Crippen molar-refractivity contribution in [3.63, 3.8) is 0 Å². The normalized spacial score (nSPS) is 24.4. The highest BCUT2D eigenvalue weighted by molar-refractivity contribution is 5.97. The summed E-state index contributed by atoms with van der Waals surface area (Å²) >= 11 is 0. The Bertz CT molecular complexity index is 701. The first kappa shape index (κ1) is 22.8. The molecule has 6 nitrogen and oxygen atoms in total. The molecule has 1 N–H and O–H groups in total. The molecule has 3 unspecified atom stereocenters. The van der Waals surface area contributed by atoms with Gasteiger partial charge in [0, 0.05) is 37.4 Å². The Morgan fingerprint density at radius 3 is 2.07 bits per heavy atom. The van der Waals surface area contributed by atoms with E-state index in [1.165, 1.54) is 12.8 Å². The number of nitrogens with zero attached hydrogens (tertiary/aromatic N) is 2. The van der Waals surface area contributed by atoms with E-state index in [4.69, 9.17) is 4.74 Å². The molecule has 3 atom stereocenters. The van der Waals surface area contributed by atoms with Gasteiger partial charge in [-0.15, -0.1) is 0 Å². The summed E-state index contributed by atoms with van der Waals surface area (Å²) < 4.78 is 5.83. The van der Waals surface area contributed by atoms with E-state index in [1.54, 1.807) is 0 Å². The number of carbonyl (C=O) groups excluding carboxylic acids is 2. The molecule has 30 heavy (non-hydrogen) atoms. The van der Waals surface area contributed by atoms with E-state index in [-0.39, 0.29) is 36.0 Å². The molecule has 2 fully saturated rings. The predicted octanol–water partition coefficient (Wildman–Crippen LogP) is 3.78. The number of morpholine rings is 1. The molecule has 0 radical (unpaired) electrons. The van der Waals surface area contributed by atoms with Gasteiger partial charge in [0.2, 0.25) is 5.91 Å². The highest BCUT2D eigenvalue weighted by atomic mass is 16.5. The Morgan fingerprint density at radius 2 is 1.53 bits per heavy atom. The molecule has 2 aliphatic rings. The predicted molar refractivity (Wildman–Crippen MR) is 120 cm³/mol. The first-order chi connectivity index (χ1) is 14.3. The van der Waals surface area contributed by atoms with Gasteiger partial charge >= 0.3 is 0 Å². The van der Waals surface area contributed by atoms with Gasteiger partial charge in [0.15, 0.2) is 0 Å². The van der Waals surface area contributed by atoms with E-state index in [9.17, 15) is 9.59 Å². The van der Waals surface area contributed by atoms with Crippen molar-refractivity contribution in [3.05, 3.63) is 29.8 Å². The molecule has 0 aromatic heterocycles. The molecule has 0 saturated carbocycles. The lowest BCUT2D eigenvalue weighted by Gasteiger charge is -2.41. The van der Waals surface area contributed by atoms with E-state index < -0.39 is 0 Å². The van der Waals surface area contributed by atoms with Crippen molar-refractivity contribution in [3.8, 4) is 0 Å². The van der Waals surface area contributed by atoms with Gasteiger partial charge in [-0.25, -0.2) is 0 Å². The van der Waals surface area contributed by atoms with Crippen LogP contribution >= 0.6 is 0 Å². The van der Waals surface area contributed by atoms with Crippen molar-refractivity contribution in [2.75, 3.05) is 31.5 Å². The molecule has 6 heteroatoms. The molecular formula is C24H37N3O3. The average molecular weight is 416 g/mol. The minimum Gasteiger partial charge on any atom is -0.373 e. The summed E-state index contributed by atoms with van der Waals surface area (Å²) in [6, 6.07) is 7.12. The first-order valence-corrected chi connectivity index (χ1v) is 11.4. The Morgan fingerprint density at radius 1 is 0.967 bits per heavy atom. The highest BCUT2D eigenvalue weighted by Gasteiger charge is 2.34. The Hall–Kier alpha value is -1.92. The summed E-state index contributed by atoms with van der Waals surface area (Å²) in [4.78, 5) is 30.1. The van der Waals surface area contributed by atoms with E-state index in [0.29, 0.717) is 5.56 Å². The lowest BCUT2D eigenvalue weighted by atomic mass is 9.99. The third-order valence-electron chi connectivity index (χ3n) is 6.03. The second-order valence-electron chi connectivity index (χ2n) is 9.17. The molecule has 3 rings (SSSR count). The summed E-state index contributed by atoms with van der Waals surface area (Å²) in [6.45, 7) is 11.5. The average Bonchev–Trinajstić information content (AvgIpc) is 2.96. The zero-order chi connectivity index (χ0) is 21.7. The summed E-state index contributed by atoms with van der Waals surface area (Å²) in [5, 5.41) is 3.06. The van der Waals surface area contributed by atoms with Crippen LogP contribution in [0.25, 0.3) is 0 Å². The SMILES string of the molecule is CC1CN(C(C(=O)Nc2ccc(C(=O)N3CCCCCC3)cc2)C(C)C)CC(C)O1. The van der Waals surface area contributed by atoms with Crippen LogP contribution < -0.4 is 5.32 Å². The van der Waals surface area contributed by atoms with Gasteiger partial charge in [0.1, 0.15) is 0 Å². The molecular weight excluding hydrogens is 378 g/mol. The number of hydrogen-bond acceptors (Lipinski definition) is 4. The maximum atomic E-state index is 13.1. The summed E-state index contributed by atoms with van der Waals surface area (Å²) in [5.74, 6) is 0.274. The molecule has 2 amide bonds. The Labute approximate surface area is 180 Å². The number of benzene rings is 1. The molecule has 0 spiro atoms. The van der Waals surface area contributed by atoms with Crippen molar-refractivity contribution >= 4 is 17.5 Å². The minimum atomic E-state index is -0.211. The summed E-state index contributed by atoms with van der Waals surface area (Å²) in [7, 11) is 0. The van der Waals surface area contributed by atoms with Crippen molar-refractivity contribution in [1.29, 1.82) is 0 Å². The molecule has 0 bridgehead atoms. The molecule has 166 valence electrons. The van der Waals surface area contributed by atoms with Crippen LogP contribution in [-0.4, -0.2) is 66.0 Å². The van der Waals surface area contributed by atoms with Crippen molar-refractivity contribution < 1.29 is 14.3 Å². The third kappa shape index (κ3) is 5.82. The molecule has 2 saturated heterocycles.